The fourth-order valence-corrected chi connectivity index (χ4v) is 2.21. The van der Waals surface area contributed by atoms with Gasteiger partial charge in [0.1, 0.15) is 5.69 Å². The van der Waals surface area contributed by atoms with Crippen LogP contribution in [0.15, 0.2) is 47.4 Å². The molecule has 2 aromatic heterocycles. The second-order valence-electron chi connectivity index (χ2n) is 4.47. The van der Waals surface area contributed by atoms with E-state index in [1.54, 1.807) is 37.4 Å². The van der Waals surface area contributed by atoms with Gasteiger partial charge in [-0.15, -0.1) is 0 Å². The van der Waals surface area contributed by atoms with Crippen molar-refractivity contribution >= 4 is 28.8 Å². The SMILES string of the molecule is Cn1c(C(=O)Nc2ccc(Cl)cc2)cc2nccc(=O)n21. The van der Waals surface area contributed by atoms with Crippen LogP contribution in [-0.4, -0.2) is 20.1 Å². The predicted octanol–water partition coefficient (Wildman–Crippen LogP) is 1.94. The van der Waals surface area contributed by atoms with Crippen molar-refractivity contribution in [3.05, 3.63) is 63.7 Å². The van der Waals surface area contributed by atoms with E-state index >= 15 is 0 Å². The molecule has 0 unspecified atom stereocenters. The summed E-state index contributed by atoms with van der Waals surface area (Å²) in [6, 6.07) is 9.68. The predicted molar refractivity (Wildman–Crippen MR) is 79.8 cm³/mol. The Hall–Kier alpha value is -2.60. The number of hydrogen-bond donors (Lipinski definition) is 1. The van der Waals surface area contributed by atoms with Crippen LogP contribution < -0.4 is 10.9 Å². The van der Waals surface area contributed by atoms with E-state index in [0.29, 0.717) is 22.1 Å². The molecule has 0 saturated carbocycles. The summed E-state index contributed by atoms with van der Waals surface area (Å²) < 4.78 is 2.80. The molecule has 7 heteroatoms. The number of anilines is 1. The van der Waals surface area contributed by atoms with Gasteiger partial charge in [-0.1, -0.05) is 11.6 Å². The quantitative estimate of drug-likeness (QED) is 0.786. The highest BCUT2D eigenvalue weighted by atomic mass is 35.5. The van der Waals surface area contributed by atoms with E-state index in [2.05, 4.69) is 10.3 Å². The lowest BCUT2D eigenvalue weighted by atomic mass is 10.3. The smallest absolute Gasteiger partial charge is 0.273 e. The number of benzene rings is 1. The van der Waals surface area contributed by atoms with Gasteiger partial charge in [-0.05, 0) is 24.3 Å². The molecule has 0 fully saturated rings. The number of aromatic nitrogens is 3. The zero-order chi connectivity index (χ0) is 15.0. The zero-order valence-electron chi connectivity index (χ0n) is 11.1. The second kappa shape index (κ2) is 5.06. The van der Waals surface area contributed by atoms with Crippen LogP contribution in [0.1, 0.15) is 10.5 Å². The Morgan fingerprint density at radius 2 is 1.95 bits per heavy atom. The number of aryl methyl sites for hydroxylation is 1. The van der Waals surface area contributed by atoms with E-state index in [0.717, 1.165) is 0 Å². The number of nitrogens with one attached hydrogen (secondary N) is 1. The first-order chi connectivity index (χ1) is 10.1. The first kappa shape index (κ1) is 13.4. The van der Waals surface area contributed by atoms with Gasteiger partial charge in [0.2, 0.25) is 0 Å². The molecule has 0 radical (unpaired) electrons. The number of carbonyl (C=O) groups is 1. The van der Waals surface area contributed by atoms with Crippen molar-refractivity contribution in [3.63, 3.8) is 0 Å². The molecular weight excluding hydrogens is 292 g/mol. The van der Waals surface area contributed by atoms with Crippen molar-refractivity contribution in [1.29, 1.82) is 0 Å². The zero-order valence-corrected chi connectivity index (χ0v) is 11.8. The first-order valence-electron chi connectivity index (χ1n) is 6.17. The molecule has 2 heterocycles. The molecule has 21 heavy (non-hydrogen) atoms. The lowest BCUT2D eigenvalue weighted by Gasteiger charge is -2.06. The fraction of sp³-hybridized carbons (Fsp3) is 0.0714. The Balaban J connectivity index is 1.98. The van der Waals surface area contributed by atoms with Crippen LogP contribution in [-0.2, 0) is 7.05 Å². The van der Waals surface area contributed by atoms with Gasteiger partial charge in [-0.2, -0.15) is 4.52 Å². The number of carbonyl (C=O) groups excluding carboxylic acids is 1. The monoisotopic (exact) mass is 302 g/mol. The van der Waals surface area contributed by atoms with E-state index in [1.165, 1.54) is 21.5 Å². The minimum Gasteiger partial charge on any atom is -0.321 e. The summed E-state index contributed by atoms with van der Waals surface area (Å²) in [5, 5.41) is 3.34. The van der Waals surface area contributed by atoms with Crippen LogP contribution in [0.5, 0.6) is 0 Å². The van der Waals surface area contributed by atoms with Crippen LogP contribution in [0, 0.1) is 0 Å². The van der Waals surface area contributed by atoms with E-state index in [1.807, 2.05) is 0 Å². The van der Waals surface area contributed by atoms with Crippen molar-refractivity contribution in [3.8, 4) is 0 Å². The molecule has 3 aromatic rings. The summed E-state index contributed by atoms with van der Waals surface area (Å²) in [6.07, 6.45) is 1.42. The summed E-state index contributed by atoms with van der Waals surface area (Å²) in [6.45, 7) is 0. The molecule has 0 saturated heterocycles. The molecular formula is C14H11ClN4O2. The largest absolute Gasteiger partial charge is 0.321 e. The number of hydrogen-bond acceptors (Lipinski definition) is 3. The number of rotatable bonds is 2. The standard InChI is InChI=1S/C14H11ClN4O2/c1-18-11(8-12-16-7-6-13(20)19(12)18)14(21)17-10-4-2-9(15)3-5-10/h2-8H,1H3,(H,17,21). The molecule has 0 bridgehead atoms. The van der Waals surface area contributed by atoms with Crippen LogP contribution in [0.25, 0.3) is 5.65 Å². The molecule has 6 nitrogen and oxygen atoms in total. The van der Waals surface area contributed by atoms with Gasteiger partial charge in [0.05, 0.1) is 0 Å². The molecule has 0 aliphatic rings. The Labute approximate surface area is 124 Å². The molecule has 0 atom stereocenters. The van der Waals surface area contributed by atoms with Gasteiger partial charge >= 0.3 is 0 Å². The molecule has 3 rings (SSSR count). The van der Waals surface area contributed by atoms with Gasteiger partial charge in [-0.25, -0.2) is 4.98 Å². The highest BCUT2D eigenvalue weighted by Crippen LogP contribution is 2.15. The second-order valence-corrected chi connectivity index (χ2v) is 4.90. The minimum absolute atomic E-state index is 0.243. The van der Waals surface area contributed by atoms with Crippen molar-refractivity contribution in [2.24, 2.45) is 7.05 Å². The van der Waals surface area contributed by atoms with Crippen LogP contribution in [0.4, 0.5) is 5.69 Å². The molecule has 0 aliphatic carbocycles. The fourth-order valence-electron chi connectivity index (χ4n) is 2.08. The van der Waals surface area contributed by atoms with Crippen molar-refractivity contribution in [2.75, 3.05) is 5.32 Å². The molecule has 1 amide bonds. The number of amides is 1. The lowest BCUT2D eigenvalue weighted by Crippen LogP contribution is -2.22. The minimum atomic E-state index is -0.329. The van der Waals surface area contributed by atoms with Crippen LogP contribution in [0.2, 0.25) is 5.02 Å². The molecule has 106 valence electrons. The molecule has 0 aliphatic heterocycles. The summed E-state index contributed by atoms with van der Waals surface area (Å²) in [5.41, 5.74) is 1.13. The van der Waals surface area contributed by atoms with Gasteiger partial charge in [0, 0.05) is 36.1 Å². The summed E-state index contributed by atoms with van der Waals surface area (Å²) >= 11 is 5.80. The third kappa shape index (κ3) is 2.41. The van der Waals surface area contributed by atoms with Gasteiger partial charge in [0.25, 0.3) is 11.5 Å². The normalized spacial score (nSPS) is 10.8. The van der Waals surface area contributed by atoms with Crippen molar-refractivity contribution < 1.29 is 4.79 Å². The molecule has 1 aromatic carbocycles. The summed E-state index contributed by atoms with van der Waals surface area (Å²) in [4.78, 5) is 28.1. The average molecular weight is 303 g/mol. The van der Waals surface area contributed by atoms with E-state index in [-0.39, 0.29) is 11.5 Å². The first-order valence-corrected chi connectivity index (χ1v) is 6.55. The Morgan fingerprint density at radius 3 is 2.62 bits per heavy atom. The third-order valence-electron chi connectivity index (χ3n) is 3.10. The van der Waals surface area contributed by atoms with Crippen LogP contribution >= 0.6 is 11.6 Å². The number of halogens is 1. The van der Waals surface area contributed by atoms with Gasteiger partial charge in [-0.3, -0.25) is 14.3 Å². The van der Waals surface area contributed by atoms with Crippen molar-refractivity contribution in [2.45, 2.75) is 0 Å². The van der Waals surface area contributed by atoms with Crippen LogP contribution in [0.3, 0.4) is 0 Å². The average Bonchev–Trinajstić information content (AvgIpc) is 2.80. The third-order valence-corrected chi connectivity index (χ3v) is 3.35. The summed E-state index contributed by atoms with van der Waals surface area (Å²) in [5.74, 6) is -0.329. The van der Waals surface area contributed by atoms with Gasteiger partial charge in [0.15, 0.2) is 5.65 Å². The number of fused-ring (bicyclic) bond motifs is 1. The lowest BCUT2D eigenvalue weighted by molar-refractivity contribution is 0.101. The molecule has 0 spiro atoms. The number of nitrogens with zero attached hydrogens (tertiary/aromatic N) is 3. The van der Waals surface area contributed by atoms with E-state index in [9.17, 15) is 9.59 Å². The Bertz CT molecular complexity index is 880. The maximum atomic E-state index is 12.3. The van der Waals surface area contributed by atoms with Crippen molar-refractivity contribution in [1.82, 2.24) is 14.2 Å². The van der Waals surface area contributed by atoms with E-state index < -0.39 is 0 Å². The topological polar surface area (TPSA) is 68.4 Å². The maximum absolute atomic E-state index is 12.3. The summed E-state index contributed by atoms with van der Waals surface area (Å²) in [7, 11) is 1.63. The molecule has 1 N–H and O–H groups in total. The highest BCUT2D eigenvalue weighted by molar-refractivity contribution is 6.30. The van der Waals surface area contributed by atoms with E-state index in [4.69, 9.17) is 11.6 Å². The van der Waals surface area contributed by atoms with Gasteiger partial charge < -0.3 is 5.32 Å². The Morgan fingerprint density at radius 1 is 1.24 bits per heavy atom. The maximum Gasteiger partial charge on any atom is 0.273 e. The Kier molecular flexibility index (Phi) is 3.23. The highest BCUT2D eigenvalue weighted by Gasteiger charge is 2.14.